The molecule has 1 aromatic carbocycles. The van der Waals surface area contributed by atoms with Crippen molar-refractivity contribution in [2.75, 3.05) is 0 Å². The molecule has 0 atom stereocenters. The van der Waals surface area contributed by atoms with E-state index >= 15 is 0 Å². The summed E-state index contributed by atoms with van der Waals surface area (Å²) in [5, 5.41) is 11.3. The predicted octanol–water partition coefficient (Wildman–Crippen LogP) is 1.73. The SMILES string of the molecule is O=C(O)CCCCc1cccc2c1CNC2=O. The first-order valence-corrected chi connectivity index (χ1v) is 5.79. The fourth-order valence-corrected chi connectivity index (χ4v) is 2.15. The van der Waals surface area contributed by atoms with Crippen LogP contribution in [0.15, 0.2) is 18.2 Å². The third-order valence-corrected chi connectivity index (χ3v) is 3.03. The van der Waals surface area contributed by atoms with Crippen molar-refractivity contribution in [2.24, 2.45) is 0 Å². The van der Waals surface area contributed by atoms with Gasteiger partial charge in [-0.1, -0.05) is 12.1 Å². The number of carboxylic acid groups (broad SMARTS) is 1. The summed E-state index contributed by atoms with van der Waals surface area (Å²) in [4.78, 5) is 21.8. The molecule has 0 spiro atoms. The number of aryl methyl sites for hydroxylation is 1. The highest BCUT2D eigenvalue weighted by Gasteiger charge is 2.20. The third-order valence-electron chi connectivity index (χ3n) is 3.03. The van der Waals surface area contributed by atoms with Crippen LogP contribution in [-0.4, -0.2) is 17.0 Å². The van der Waals surface area contributed by atoms with E-state index in [2.05, 4.69) is 5.32 Å². The highest BCUT2D eigenvalue weighted by atomic mass is 16.4. The Balaban J connectivity index is 1.98. The van der Waals surface area contributed by atoms with E-state index in [0.717, 1.165) is 29.5 Å². The second-order valence-corrected chi connectivity index (χ2v) is 4.23. The van der Waals surface area contributed by atoms with Crippen LogP contribution in [0, 0.1) is 0 Å². The lowest BCUT2D eigenvalue weighted by molar-refractivity contribution is -0.137. The minimum Gasteiger partial charge on any atom is -0.481 e. The van der Waals surface area contributed by atoms with Gasteiger partial charge in [0.05, 0.1) is 0 Å². The molecule has 0 radical (unpaired) electrons. The van der Waals surface area contributed by atoms with E-state index in [0.29, 0.717) is 13.0 Å². The number of benzene rings is 1. The van der Waals surface area contributed by atoms with Crippen molar-refractivity contribution in [2.45, 2.75) is 32.2 Å². The Hall–Kier alpha value is -1.84. The smallest absolute Gasteiger partial charge is 0.303 e. The van der Waals surface area contributed by atoms with Crippen molar-refractivity contribution in [3.8, 4) is 0 Å². The third kappa shape index (κ3) is 2.64. The molecule has 0 aromatic heterocycles. The molecule has 0 bridgehead atoms. The first-order valence-electron chi connectivity index (χ1n) is 5.79. The van der Waals surface area contributed by atoms with E-state index in [1.54, 1.807) is 0 Å². The van der Waals surface area contributed by atoms with Crippen molar-refractivity contribution < 1.29 is 14.7 Å². The summed E-state index contributed by atoms with van der Waals surface area (Å²) in [5.74, 6) is -0.757. The number of carboxylic acids is 1. The van der Waals surface area contributed by atoms with Crippen LogP contribution in [0.2, 0.25) is 0 Å². The molecular weight excluding hydrogens is 218 g/mol. The monoisotopic (exact) mass is 233 g/mol. The average Bonchev–Trinajstić information content (AvgIpc) is 2.67. The van der Waals surface area contributed by atoms with Gasteiger partial charge in [0.1, 0.15) is 0 Å². The molecule has 4 nitrogen and oxygen atoms in total. The molecule has 1 aliphatic rings. The van der Waals surface area contributed by atoms with Crippen molar-refractivity contribution in [1.29, 1.82) is 0 Å². The van der Waals surface area contributed by atoms with Crippen LogP contribution in [0.3, 0.4) is 0 Å². The van der Waals surface area contributed by atoms with Gasteiger partial charge in [0.2, 0.25) is 0 Å². The number of carbonyl (C=O) groups is 2. The molecule has 0 fully saturated rings. The number of rotatable bonds is 5. The summed E-state index contributed by atoms with van der Waals surface area (Å²) >= 11 is 0. The molecule has 17 heavy (non-hydrogen) atoms. The fraction of sp³-hybridized carbons (Fsp3) is 0.385. The molecule has 1 amide bonds. The summed E-state index contributed by atoms with van der Waals surface area (Å²) in [7, 11) is 0. The molecule has 0 saturated carbocycles. The van der Waals surface area contributed by atoms with E-state index < -0.39 is 5.97 Å². The zero-order valence-corrected chi connectivity index (χ0v) is 9.53. The summed E-state index contributed by atoms with van der Waals surface area (Å²) in [6.45, 7) is 0.600. The van der Waals surface area contributed by atoms with Crippen LogP contribution < -0.4 is 5.32 Å². The van der Waals surface area contributed by atoms with Crippen LogP contribution in [0.1, 0.15) is 40.7 Å². The summed E-state index contributed by atoms with van der Waals surface area (Å²) in [5.41, 5.74) is 3.00. The van der Waals surface area contributed by atoms with Crippen LogP contribution in [0.4, 0.5) is 0 Å². The standard InChI is InChI=1S/C13H15NO3/c15-12(16)7-2-1-4-9-5-3-6-10-11(9)8-14-13(10)17/h3,5-6H,1-2,4,7-8H2,(H,14,17)(H,15,16). The highest BCUT2D eigenvalue weighted by Crippen LogP contribution is 2.21. The van der Waals surface area contributed by atoms with Gasteiger partial charge in [-0.25, -0.2) is 0 Å². The summed E-state index contributed by atoms with van der Waals surface area (Å²) < 4.78 is 0. The van der Waals surface area contributed by atoms with Gasteiger partial charge in [0, 0.05) is 18.5 Å². The van der Waals surface area contributed by atoms with Crippen LogP contribution >= 0.6 is 0 Å². The molecule has 90 valence electrons. The lowest BCUT2D eigenvalue weighted by Crippen LogP contribution is -2.12. The number of hydrogen-bond acceptors (Lipinski definition) is 2. The van der Waals surface area contributed by atoms with E-state index in [-0.39, 0.29) is 12.3 Å². The van der Waals surface area contributed by atoms with E-state index in [1.165, 1.54) is 0 Å². The van der Waals surface area contributed by atoms with E-state index in [4.69, 9.17) is 5.11 Å². The van der Waals surface area contributed by atoms with Gasteiger partial charge < -0.3 is 10.4 Å². The first-order chi connectivity index (χ1) is 8.18. The Morgan fingerprint density at radius 1 is 1.35 bits per heavy atom. The molecular formula is C13H15NO3. The normalized spacial score (nSPS) is 13.3. The van der Waals surface area contributed by atoms with Crippen LogP contribution in [0.5, 0.6) is 0 Å². The van der Waals surface area contributed by atoms with Crippen LogP contribution in [-0.2, 0) is 17.8 Å². The average molecular weight is 233 g/mol. The zero-order valence-electron chi connectivity index (χ0n) is 9.53. The lowest BCUT2D eigenvalue weighted by atomic mass is 9.98. The van der Waals surface area contributed by atoms with Gasteiger partial charge in [0.25, 0.3) is 5.91 Å². The van der Waals surface area contributed by atoms with Crippen molar-refractivity contribution in [3.05, 3.63) is 34.9 Å². The van der Waals surface area contributed by atoms with Gasteiger partial charge in [0.15, 0.2) is 0 Å². The first kappa shape index (κ1) is 11.6. The second kappa shape index (κ2) is 4.99. The van der Waals surface area contributed by atoms with Gasteiger partial charge in [-0.3, -0.25) is 9.59 Å². The minimum atomic E-state index is -0.750. The number of aliphatic carboxylic acids is 1. The molecule has 1 aliphatic heterocycles. The molecule has 4 heteroatoms. The van der Waals surface area contributed by atoms with Gasteiger partial charge in [-0.2, -0.15) is 0 Å². The Morgan fingerprint density at radius 2 is 2.18 bits per heavy atom. The van der Waals surface area contributed by atoms with Gasteiger partial charge in [-0.05, 0) is 36.5 Å². The Morgan fingerprint density at radius 3 is 2.94 bits per heavy atom. The number of carbonyl (C=O) groups excluding carboxylic acids is 1. The topological polar surface area (TPSA) is 66.4 Å². The number of unbranched alkanes of at least 4 members (excludes halogenated alkanes) is 1. The second-order valence-electron chi connectivity index (χ2n) is 4.23. The molecule has 0 saturated heterocycles. The van der Waals surface area contributed by atoms with Crippen molar-refractivity contribution in [3.63, 3.8) is 0 Å². The van der Waals surface area contributed by atoms with Gasteiger partial charge >= 0.3 is 5.97 Å². The Kier molecular flexibility index (Phi) is 3.42. The molecule has 1 heterocycles. The summed E-state index contributed by atoms with van der Waals surface area (Å²) in [6.07, 6.45) is 2.58. The molecule has 2 rings (SSSR count). The fourth-order valence-electron chi connectivity index (χ4n) is 2.15. The molecule has 2 N–H and O–H groups in total. The van der Waals surface area contributed by atoms with Crippen molar-refractivity contribution in [1.82, 2.24) is 5.32 Å². The lowest BCUT2D eigenvalue weighted by Gasteiger charge is -2.05. The minimum absolute atomic E-state index is 0.00705. The highest BCUT2D eigenvalue weighted by molar-refractivity contribution is 5.98. The largest absolute Gasteiger partial charge is 0.481 e. The summed E-state index contributed by atoms with van der Waals surface area (Å²) in [6, 6.07) is 5.73. The molecule has 0 aliphatic carbocycles. The maximum absolute atomic E-state index is 11.4. The van der Waals surface area contributed by atoms with Crippen LogP contribution in [0.25, 0.3) is 0 Å². The quantitative estimate of drug-likeness (QED) is 0.761. The number of fused-ring (bicyclic) bond motifs is 1. The number of hydrogen-bond donors (Lipinski definition) is 2. The number of amides is 1. The maximum atomic E-state index is 11.4. The Bertz CT molecular complexity index is 454. The van der Waals surface area contributed by atoms with E-state index in [9.17, 15) is 9.59 Å². The number of nitrogens with one attached hydrogen (secondary N) is 1. The Labute approximate surface area is 99.6 Å². The predicted molar refractivity (Wildman–Crippen MR) is 62.8 cm³/mol. The van der Waals surface area contributed by atoms with E-state index in [1.807, 2.05) is 18.2 Å². The molecule has 0 unspecified atom stereocenters. The van der Waals surface area contributed by atoms with Gasteiger partial charge in [-0.15, -0.1) is 0 Å². The maximum Gasteiger partial charge on any atom is 0.303 e. The molecule has 1 aromatic rings. The zero-order chi connectivity index (χ0) is 12.3. The van der Waals surface area contributed by atoms with Crippen molar-refractivity contribution >= 4 is 11.9 Å².